The van der Waals surface area contributed by atoms with Crippen molar-refractivity contribution in [2.75, 3.05) is 25.2 Å². The van der Waals surface area contributed by atoms with Crippen LogP contribution in [0.5, 0.6) is 0 Å². The number of benzene rings is 1. The summed E-state index contributed by atoms with van der Waals surface area (Å²) in [4.78, 5) is 2.44. The van der Waals surface area contributed by atoms with E-state index < -0.39 is 0 Å². The van der Waals surface area contributed by atoms with Crippen molar-refractivity contribution in [3.63, 3.8) is 0 Å². The molecule has 1 saturated carbocycles. The second-order valence-electron chi connectivity index (χ2n) is 4.32. The zero-order valence-corrected chi connectivity index (χ0v) is 12.3. The van der Waals surface area contributed by atoms with Crippen LogP contribution in [-0.2, 0) is 10.1 Å². The van der Waals surface area contributed by atoms with Crippen LogP contribution >= 0.6 is 27.5 Å². The Balaban J connectivity index is 2.21. The molecular formula is C13H17BrClNO. The van der Waals surface area contributed by atoms with Crippen molar-refractivity contribution in [1.29, 1.82) is 0 Å². The average molecular weight is 319 g/mol. The number of alkyl halides is 1. The van der Waals surface area contributed by atoms with Gasteiger partial charge in [-0.1, -0.05) is 27.5 Å². The maximum atomic E-state index is 6.04. The van der Waals surface area contributed by atoms with E-state index in [1.165, 1.54) is 24.1 Å². The largest absolute Gasteiger partial charge is 0.383 e. The number of ether oxygens (including phenoxy) is 1. The van der Waals surface area contributed by atoms with Crippen LogP contribution in [0.25, 0.3) is 0 Å². The Morgan fingerprint density at radius 1 is 1.47 bits per heavy atom. The molecule has 94 valence electrons. The minimum Gasteiger partial charge on any atom is -0.383 e. The van der Waals surface area contributed by atoms with Crippen molar-refractivity contribution >= 4 is 33.2 Å². The monoisotopic (exact) mass is 317 g/mol. The second kappa shape index (κ2) is 6.07. The topological polar surface area (TPSA) is 12.5 Å². The van der Waals surface area contributed by atoms with E-state index in [1.807, 2.05) is 12.1 Å². The first-order valence-electron chi connectivity index (χ1n) is 5.86. The molecule has 0 bridgehead atoms. The fourth-order valence-corrected chi connectivity index (χ4v) is 2.66. The van der Waals surface area contributed by atoms with Gasteiger partial charge in [-0.15, -0.1) is 0 Å². The molecule has 4 heteroatoms. The standard InChI is InChI=1S/C13H17BrClNO/c1-17-7-6-16(12-3-4-12)13-5-2-11(15)8-10(13)9-14/h2,5,8,12H,3-4,6-7,9H2,1H3. The summed E-state index contributed by atoms with van der Waals surface area (Å²) >= 11 is 9.57. The molecule has 0 heterocycles. The van der Waals surface area contributed by atoms with Gasteiger partial charge in [0.1, 0.15) is 0 Å². The summed E-state index contributed by atoms with van der Waals surface area (Å²) in [7, 11) is 1.75. The average Bonchev–Trinajstić information content (AvgIpc) is 3.15. The van der Waals surface area contributed by atoms with Gasteiger partial charge in [0.05, 0.1) is 6.61 Å². The van der Waals surface area contributed by atoms with Gasteiger partial charge in [-0.05, 0) is 36.6 Å². The highest BCUT2D eigenvalue weighted by Gasteiger charge is 2.29. The fraction of sp³-hybridized carbons (Fsp3) is 0.538. The molecule has 0 atom stereocenters. The van der Waals surface area contributed by atoms with E-state index in [2.05, 4.69) is 26.9 Å². The highest BCUT2D eigenvalue weighted by Crippen LogP contribution is 2.35. The van der Waals surface area contributed by atoms with Crippen molar-refractivity contribution in [3.8, 4) is 0 Å². The number of nitrogens with zero attached hydrogens (tertiary/aromatic N) is 1. The number of hydrogen-bond donors (Lipinski definition) is 0. The van der Waals surface area contributed by atoms with E-state index in [4.69, 9.17) is 16.3 Å². The summed E-state index contributed by atoms with van der Waals surface area (Å²) in [5.74, 6) is 0. The van der Waals surface area contributed by atoms with Gasteiger partial charge in [0.2, 0.25) is 0 Å². The number of methoxy groups -OCH3 is 1. The second-order valence-corrected chi connectivity index (χ2v) is 5.32. The van der Waals surface area contributed by atoms with Crippen molar-refractivity contribution in [3.05, 3.63) is 28.8 Å². The first-order chi connectivity index (χ1) is 8.26. The first-order valence-corrected chi connectivity index (χ1v) is 7.36. The summed E-state index contributed by atoms with van der Waals surface area (Å²) < 4.78 is 5.19. The van der Waals surface area contributed by atoms with Crippen molar-refractivity contribution in [2.24, 2.45) is 0 Å². The number of anilines is 1. The van der Waals surface area contributed by atoms with Crippen LogP contribution < -0.4 is 4.90 Å². The quantitative estimate of drug-likeness (QED) is 0.739. The van der Waals surface area contributed by atoms with Crippen LogP contribution in [0.1, 0.15) is 18.4 Å². The molecule has 0 aromatic heterocycles. The van der Waals surface area contributed by atoms with Gasteiger partial charge in [0.15, 0.2) is 0 Å². The number of rotatable bonds is 6. The normalized spacial score (nSPS) is 15.0. The third-order valence-electron chi connectivity index (χ3n) is 3.02. The maximum absolute atomic E-state index is 6.04. The van der Waals surface area contributed by atoms with Crippen LogP contribution in [0.2, 0.25) is 5.02 Å². The van der Waals surface area contributed by atoms with E-state index in [1.54, 1.807) is 7.11 Å². The molecule has 0 aliphatic heterocycles. The molecule has 1 aliphatic carbocycles. The predicted octanol–water partition coefficient (Wildman–Crippen LogP) is 3.85. The van der Waals surface area contributed by atoms with Crippen LogP contribution in [0.15, 0.2) is 18.2 Å². The third kappa shape index (κ3) is 3.36. The van der Waals surface area contributed by atoms with E-state index in [0.29, 0.717) is 6.04 Å². The van der Waals surface area contributed by atoms with Gasteiger partial charge < -0.3 is 9.64 Å². The van der Waals surface area contributed by atoms with Crippen LogP contribution in [0, 0.1) is 0 Å². The van der Waals surface area contributed by atoms with Gasteiger partial charge in [0.25, 0.3) is 0 Å². The lowest BCUT2D eigenvalue weighted by Crippen LogP contribution is -2.30. The summed E-state index contributed by atoms with van der Waals surface area (Å²) in [6, 6.07) is 6.80. The molecule has 1 aromatic rings. The van der Waals surface area contributed by atoms with E-state index in [0.717, 1.165) is 23.5 Å². The molecule has 0 amide bonds. The summed E-state index contributed by atoms with van der Waals surface area (Å²) in [6.45, 7) is 1.71. The Kier molecular flexibility index (Phi) is 4.71. The van der Waals surface area contributed by atoms with E-state index in [9.17, 15) is 0 Å². The van der Waals surface area contributed by atoms with Crippen molar-refractivity contribution in [1.82, 2.24) is 0 Å². The Bertz CT molecular complexity index is 382. The molecule has 0 spiro atoms. The lowest BCUT2D eigenvalue weighted by Gasteiger charge is -2.26. The van der Waals surface area contributed by atoms with Gasteiger partial charge in [-0.3, -0.25) is 0 Å². The highest BCUT2D eigenvalue weighted by molar-refractivity contribution is 9.08. The molecular weight excluding hydrogens is 302 g/mol. The smallest absolute Gasteiger partial charge is 0.0637 e. The van der Waals surface area contributed by atoms with Crippen LogP contribution in [-0.4, -0.2) is 26.3 Å². The molecule has 0 N–H and O–H groups in total. The van der Waals surface area contributed by atoms with Crippen molar-refractivity contribution < 1.29 is 4.74 Å². The Hall–Kier alpha value is -0.250. The first kappa shape index (κ1) is 13.2. The third-order valence-corrected chi connectivity index (χ3v) is 3.86. The highest BCUT2D eigenvalue weighted by atomic mass is 79.9. The fourth-order valence-electron chi connectivity index (χ4n) is 2.02. The van der Waals surface area contributed by atoms with Crippen LogP contribution in [0.4, 0.5) is 5.69 Å². The molecule has 17 heavy (non-hydrogen) atoms. The van der Waals surface area contributed by atoms with Crippen molar-refractivity contribution in [2.45, 2.75) is 24.2 Å². The molecule has 1 aliphatic rings. The minimum atomic E-state index is 0.684. The summed E-state index contributed by atoms with van der Waals surface area (Å²) in [6.07, 6.45) is 2.57. The summed E-state index contributed by atoms with van der Waals surface area (Å²) in [5, 5.41) is 1.63. The van der Waals surface area contributed by atoms with E-state index in [-0.39, 0.29) is 0 Å². The number of hydrogen-bond acceptors (Lipinski definition) is 2. The van der Waals surface area contributed by atoms with Gasteiger partial charge in [-0.2, -0.15) is 0 Å². The Labute approximate surface area is 116 Å². The molecule has 0 unspecified atom stereocenters. The SMILES string of the molecule is COCCN(c1ccc(Cl)cc1CBr)C1CC1. The van der Waals surface area contributed by atoms with Crippen LogP contribution in [0.3, 0.4) is 0 Å². The van der Waals surface area contributed by atoms with E-state index >= 15 is 0 Å². The molecule has 2 nitrogen and oxygen atoms in total. The number of halogens is 2. The molecule has 1 fully saturated rings. The van der Waals surface area contributed by atoms with Gasteiger partial charge >= 0.3 is 0 Å². The lowest BCUT2D eigenvalue weighted by atomic mass is 10.1. The predicted molar refractivity (Wildman–Crippen MR) is 76.3 cm³/mol. The molecule has 2 rings (SSSR count). The minimum absolute atomic E-state index is 0.684. The van der Waals surface area contributed by atoms with Gasteiger partial charge in [0, 0.05) is 35.7 Å². The maximum Gasteiger partial charge on any atom is 0.0637 e. The molecule has 1 aromatic carbocycles. The zero-order valence-electron chi connectivity index (χ0n) is 9.96. The lowest BCUT2D eigenvalue weighted by molar-refractivity contribution is 0.205. The Morgan fingerprint density at radius 2 is 2.24 bits per heavy atom. The summed E-state index contributed by atoms with van der Waals surface area (Å²) in [5.41, 5.74) is 2.53. The molecule has 0 saturated heterocycles. The zero-order chi connectivity index (χ0) is 12.3. The van der Waals surface area contributed by atoms with Gasteiger partial charge in [-0.25, -0.2) is 0 Å². The Morgan fingerprint density at radius 3 is 2.82 bits per heavy atom. The molecule has 0 radical (unpaired) electrons.